The molecule has 1 unspecified atom stereocenters. The number of aliphatic hydroxyl groups is 1. The van der Waals surface area contributed by atoms with Crippen molar-refractivity contribution in [2.24, 2.45) is 0 Å². The highest BCUT2D eigenvalue weighted by atomic mass is 16.3. The molecule has 17 heavy (non-hydrogen) atoms. The van der Waals surface area contributed by atoms with Crippen LogP contribution in [-0.4, -0.2) is 16.2 Å². The summed E-state index contributed by atoms with van der Waals surface area (Å²) in [7, 11) is 0. The summed E-state index contributed by atoms with van der Waals surface area (Å²) in [5.74, 6) is 0. The largest absolute Gasteiger partial charge is 0.393 e. The van der Waals surface area contributed by atoms with Crippen molar-refractivity contribution < 1.29 is 5.11 Å². The summed E-state index contributed by atoms with van der Waals surface area (Å²) < 4.78 is 0. The van der Waals surface area contributed by atoms with Crippen LogP contribution < -0.4 is 0 Å². The zero-order valence-corrected chi connectivity index (χ0v) is 11.2. The molecule has 0 bridgehead atoms. The number of aliphatic hydroxyl groups excluding tert-OH is 1. The Balaban J connectivity index is 2.26. The van der Waals surface area contributed by atoms with Gasteiger partial charge in [0.2, 0.25) is 0 Å². The Labute approximate surface area is 105 Å². The predicted molar refractivity (Wildman–Crippen MR) is 72.1 cm³/mol. The molecule has 1 aromatic rings. The van der Waals surface area contributed by atoms with Gasteiger partial charge in [0, 0.05) is 18.3 Å². The topological polar surface area (TPSA) is 33.1 Å². The first kappa shape index (κ1) is 14.2. The molecule has 1 aromatic heterocycles. The van der Waals surface area contributed by atoms with Gasteiger partial charge in [-0.15, -0.1) is 0 Å². The number of rotatable bonds is 8. The van der Waals surface area contributed by atoms with Crippen molar-refractivity contribution in [3.8, 4) is 0 Å². The number of pyridine rings is 1. The number of unbranched alkanes of at least 4 members (excludes halogenated alkanes) is 3. The fourth-order valence-electron chi connectivity index (χ4n) is 1.94. The van der Waals surface area contributed by atoms with E-state index in [1.54, 1.807) is 0 Å². The highest BCUT2D eigenvalue weighted by Gasteiger charge is 2.06. The Hall–Kier alpha value is -0.890. The lowest BCUT2D eigenvalue weighted by atomic mass is 10.0. The van der Waals surface area contributed by atoms with Gasteiger partial charge in [0.05, 0.1) is 6.10 Å². The van der Waals surface area contributed by atoms with E-state index in [0.717, 1.165) is 25.0 Å². The van der Waals surface area contributed by atoms with E-state index < -0.39 is 0 Å². The molecular formula is C15H25NO. The average molecular weight is 235 g/mol. The second kappa shape index (κ2) is 8.24. The van der Waals surface area contributed by atoms with Crippen molar-refractivity contribution in [1.82, 2.24) is 4.98 Å². The second-order valence-corrected chi connectivity index (χ2v) is 4.72. The van der Waals surface area contributed by atoms with E-state index in [1.165, 1.54) is 24.8 Å². The maximum absolute atomic E-state index is 9.89. The number of hydrogen-bond acceptors (Lipinski definition) is 2. The summed E-state index contributed by atoms with van der Waals surface area (Å²) in [6, 6.07) is 4.14. The average Bonchev–Trinajstić information content (AvgIpc) is 2.36. The van der Waals surface area contributed by atoms with Gasteiger partial charge in [-0.05, 0) is 24.5 Å². The van der Waals surface area contributed by atoms with Gasteiger partial charge in [-0.2, -0.15) is 0 Å². The van der Waals surface area contributed by atoms with Gasteiger partial charge < -0.3 is 5.11 Å². The fourth-order valence-corrected chi connectivity index (χ4v) is 1.94. The lowest BCUT2D eigenvalue weighted by Crippen LogP contribution is -2.11. The molecule has 96 valence electrons. The first-order valence-electron chi connectivity index (χ1n) is 6.88. The number of aromatic nitrogens is 1. The Bertz CT molecular complexity index is 294. The Kier molecular flexibility index (Phi) is 6.87. The van der Waals surface area contributed by atoms with Crippen molar-refractivity contribution in [1.29, 1.82) is 0 Å². The molecule has 1 N–H and O–H groups in total. The van der Waals surface area contributed by atoms with Crippen LogP contribution in [0.25, 0.3) is 0 Å². The molecule has 0 spiro atoms. The summed E-state index contributed by atoms with van der Waals surface area (Å²) in [5.41, 5.74) is 2.26. The summed E-state index contributed by atoms with van der Waals surface area (Å²) >= 11 is 0. The molecular weight excluding hydrogens is 210 g/mol. The smallest absolute Gasteiger partial charge is 0.0595 e. The first-order chi connectivity index (χ1) is 8.26. The minimum atomic E-state index is -0.230. The highest BCUT2D eigenvalue weighted by molar-refractivity contribution is 5.14. The molecule has 0 aliphatic heterocycles. The zero-order chi connectivity index (χ0) is 12.5. The summed E-state index contributed by atoms with van der Waals surface area (Å²) in [6.45, 7) is 4.33. The van der Waals surface area contributed by atoms with E-state index in [1.807, 2.05) is 12.3 Å². The molecule has 1 heterocycles. The first-order valence-corrected chi connectivity index (χ1v) is 6.88. The SMILES string of the molecule is CCCCCCC(O)Cc1ccc(CC)cn1. The van der Waals surface area contributed by atoms with Crippen LogP contribution in [-0.2, 0) is 12.8 Å². The van der Waals surface area contributed by atoms with Crippen LogP contribution in [0.1, 0.15) is 57.2 Å². The normalized spacial score (nSPS) is 12.6. The molecule has 0 aliphatic rings. The van der Waals surface area contributed by atoms with E-state index in [4.69, 9.17) is 0 Å². The van der Waals surface area contributed by atoms with Crippen LogP contribution in [0.5, 0.6) is 0 Å². The monoisotopic (exact) mass is 235 g/mol. The van der Waals surface area contributed by atoms with E-state index in [-0.39, 0.29) is 6.10 Å². The third-order valence-corrected chi connectivity index (χ3v) is 3.13. The Morgan fingerprint density at radius 2 is 2.00 bits per heavy atom. The molecule has 0 fully saturated rings. The van der Waals surface area contributed by atoms with E-state index in [9.17, 15) is 5.11 Å². The van der Waals surface area contributed by atoms with Gasteiger partial charge >= 0.3 is 0 Å². The standard InChI is InChI=1S/C15H25NO/c1-3-5-6-7-8-15(17)11-14-10-9-13(4-2)12-16-14/h9-10,12,15,17H,3-8,11H2,1-2H3. The maximum Gasteiger partial charge on any atom is 0.0595 e. The molecule has 2 heteroatoms. The third-order valence-electron chi connectivity index (χ3n) is 3.13. The van der Waals surface area contributed by atoms with Gasteiger partial charge in [-0.3, -0.25) is 4.98 Å². The van der Waals surface area contributed by atoms with Crippen LogP contribution >= 0.6 is 0 Å². The quantitative estimate of drug-likeness (QED) is 0.699. The van der Waals surface area contributed by atoms with Crippen molar-refractivity contribution in [3.05, 3.63) is 29.6 Å². The fraction of sp³-hybridized carbons (Fsp3) is 0.667. The van der Waals surface area contributed by atoms with E-state index >= 15 is 0 Å². The summed E-state index contributed by atoms with van der Waals surface area (Å²) in [6.07, 6.45) is 9.18. The van der Waals surface area contributed by atoms with Gasteiger partial charge in [0.25, 0.3) is 0 Å². The molecule has 1 rings (SSSR count). The van der Waals surface area contributed by atoms with Crippen molar-refractivity contribution >= 4 is 0 Å². The maximum atomic E-state index is 9.89. The lowest BCUT2D eigenvalue weighted by molar-refractivity contribution is 0.160. The molecule has 0 saturated heterocycles. The minimum absolute atomic E-state index is 0.230. The number of aryl methyl sites for hydroxylation is 1. The van der Waals surface area contributed by atoms with Crippen LogP contribution in [0, 0.1) is 0 Å². The molecule has 1 atom stereocenters. The second-order valence-electron chi connectivity index (χ2n) is 4.72. The van der Waals surface area contributed by atoms with Crippen molar-refractivity contribution in [2.75, 3.05) is 0 Å². The molecule has 0 aliphatic carbocycles. The number of hydrogen-bond donors (Lipinski definition) is 1. The van der Waals surface area contributed by atoms with Crippen LogP contribution in [0.3, 0.4) is 0 Å². The van der Waals surface area contributed by atoms with Crippen LogP contribution in [0.4, 0.5) is 0 Å². The zero-order valence-electron chi connectivity index (χ0n) is 11.2. The molecule has 0 amide bonds. The van der Waals surface area contributed by atoms with Gasteiger partial charge in [0.15, 0.2) is 0 Å². The minimum Gasteiger partial charge on any atom is -0.393 e. The lowest BCUT2D eigenvalue weighted by Gasteiger charge is -2.10. The number of nitrogens with zero attached hydrogens (tertiary/aromatic N) is 1. The van der Waals surface area contributed by atoms with E-state index in [2.05, 4.69) is 24.9 Å². The van der Waals surface area contributed by atoms with Crippen molar-refractivity contribution in [3.63, 3.8) is 0 Å². The van der Waals surface area contributed by atoms with Crippen LogP contribution in [0.2, 0.25) is 0 Å². The molecule has 0 aromatic carbocycles. The Morgan fingerprint density at radius 3 is 2.59 bits per heavy atom. The van der Waals surface area contributed by atoms with Crippen molar-refractivity contribution in [2.45, 2.75) is 64.9 Å². The Morgan fingerprint density at radius 1 is 1.18 bits per heavy atom. The highest BCUT2D eigenvalue weighted by Crippen LogP contribution is 2.10. The van der Waals surface area contributed by atoms with Gasteiger partial charge in [-0.1, -0.05) is 45.6 Å². The summed E-state index contributed by atoms with van der Waals surface area (Å²) in [5, 5.41) is 9.89. The predicted octanol–water partition coefficient (Wildman–Crippen LogP) is 3.52. The summed E-state index contributed by atoms with van der Waals surface area (Å²) in [4.78, 5) is 4.37. The van der Waals surface area contributed by atoms with Gasteiger partial charge in [-0.25, -0.2) is 0 Å². The molecule has 0 saturated carbocycles. The molecule has 2 nitrogen and oxygen atoms in total. The molecule has 0 radical (unpaired) electrons. The van der Waals surface area contributed by atoms with Gasteiger partial charge in [0.1, 0.15) is 0 Å². The third kappa shape index (κ3) is 5.83. The van der Waals surface area contributed by atoms with E-state index in [0.29, 0.717) is 6.42 Å². The van der Waals surface area contributed by atoms with Crippen LogP contribution in [0.15, 0.2) is 18.3 Å².